The van der Waals surface area contributed by atoms with E-state index < -0.39 is 0 Å². The van der Waals surface area contributed by atoms with Crippen molar-refractivity contribution in [2.24, 2.45) is 11.3 Å². The van der Waals surface area contributed by atoms with Gasteiger partial charge in [-0.15, -0.1) is 0 Å². The first-order valence-electron chi connectivity index (χ1n) is 8.64. The zero-order chi connectivity index (χ0) is 14.4. The van der Waals surface area contributed by atoms with Gasteiger partial charge in [0.05, 0.1) is 0 Å². The molecule has 1 aliphatic heterocycles. The van der Waals surface area contributed by atoms with E-state index in [0.29, 0.717) is 5.41 Å². The molecular formula is C17H34N2O. The summed E-state index contributed by atoms with van der Waals surface area (Å²) in [6, 6.07) is 0.738. The molecule has 0 spiro atoms. The minimum absolute atomic E-state index is 0.509. The molecule has 2 fully saturated rings. The molecule has 1 heterocycles. The van der Waals surface area contributed by atoms with E-state index in [4.69, 9.17) is 4.74 Å². The summed E-state index contributed by atoms with van der Waals surface area (Å²) in [4.78, 5) is 2.63. The van der Waals surface area contributed by atoms with Crippen molar-refractivity contribution >= 4 is 0 Å². The largest absolute Gasteiger partial charge is 0.381 e. The van der Waals surface area contributed by atoms with Gasteiger partial charge in [-0.1, -0.05) is 26.7 Å². The van der Waals surface area contributed by atoms with Gasteiger partial charge in [-0.2, -0.15) is 0 Å². The summed E-state index contributed by atoms with van der Waals surface area (Å²) in [5.41, 5.74) is 0.509. The number of rotatable bonds is 6. The molecule has 1 saturated carbocycles. The maximum Gasteiger partial charge on any atom is 0.0480 e. The summed E-state index contributed by atoms with van der Waals surface area (Å²) in [5.74, 6) is 0.929. The molecule has 1 aliphatic carbocycles. The van der Waals surface area contributed by atoms with Crippen LogP contribution in [0.1, 0.15) is 52.4 Å². The van der Waals surface area contributed by atoms with Crippen LogP contribution in [0.4, 0.5) is 0 Å². The van der Waals surface area contributed by atoms with Crippen LogP contribution in [0.25, 0.3) is 0 Å². The number of ether oxygens (including phenoxy) is 1. The molecule has 118 valence electrons. The van der Waals surface area contributed by atoms with Gasteiger partial charge < -0.3 is 15.0 Å². The number of nitrogens with one attached hydrogen (secondary N) is 1. The normalized spacial score (nSPS) is 32.7. The molecule has 0 aromatic heterocycles. The molecule has 1 N–H and O–H groups in total. The van der Waals surface area contributed by atoms with Crippen molar-refractivity contribution in [3.05, 3.63) is 0 Å². The molecule has 20 heavy (non-hydrogen) atoms. The Morgan fingerprint density at radius 3 is 2.40 bits per heavy atom. The first-order valence-corrected chi connectivity index (χ1v) is 8.64. The summed E-state index contributed by atoms with van der Waals surface area (Å²) in [6.07, 6.45) is 8.04. The first kappa shape index (κ1) is 16.3. The van der Waals surface area contributed by atoms with Crippen molar-refractivity contribution in [2.45, 2.75) is 58.4 Å². The number of hydrogen-bond acceptors (Lipinski definition) is 3. The van der Waals surface area contributed by atoms with Gasteiger partial charge in [0.25, 0.3) is 0 Å². The molecule has 0 unspecified atom stereocenters. The van der Waals surface area contributed by atoms with Crippen LogP contribution in [0.2, 0.25) is 0 Å². The topological polar surface area (TPSA) is 24.5 Å². The van der Waals surface area contributed by atoms with Gasteiger partial charge in [0, 0.05) is 32.3 Å². The van der Waals surface area contributed by atoms with Gasteiger partial charge in [-0.05, 0) is 50.6 Å². The van der Waals surface area contributed by atoms with Gasteiger partial charge in [0.2, 0.25) is 0 Å². The third-order valence-electron chi connectivity index (χ3n) is 5.48. The zero-order valence-corrected chi connectivity index (χ0v) is 13.8. The van der Waals surface area contributed by atoms with Gasteiger partial charge in [0.15, 0.2) is 0 Å². The van der Waals surface area contributed by atoms with Crippen LogP contribution in [0.15, 0.2) is 0 Å². The van der Waals surface area contributed by atoms with Crippen LogP contribution in [0.5, 0.6) is 0 Å². The molecule has 0 aromatic carbocycles. The van der Waals surface area contributed by atoms with E-state index in [-0.39, 0.29) is 0 Å². The molecule has 3 heteroatoms. The molecular weight excluding hydrogens is 248 g/mol. The Kier molecular flexibility index (Phi) is 6.31. The van der Waals surface area contributed by atoms with Crippen molar-refractivity contribution < 1.29 is 4.74 Å². The van der Waals surface area contributed by atoms with Gasteiger partial charge in [-0.25, -0.2) is 0 Å². The highest BCUT2D eigenvalue weighted by Crippen LogP contribution is 2.39. The van der Waals surface area contributed by atoms with E-state index >= 15 is 0 Å². The average Bonchev–Trinajstić information content (AvgIpc) is 2.49. The van der Waals surface area contributed by atoms with Crippen LogP contribution in [-0.4, -0.2) is 50.8 Å². The lowest BCUT2D eigenvalue weighted by molar-refractivity contribution is 0.0164. The summed E-state index contributed by atoms with van der Waals surface area (Å²) in [7, 11) is 2.34. The minimum atomic E-state index is 0.509. The molecule has 2 aliphatic rings. The maximum atomic E-state index is 5.50. The van der Waals surface area contributed by atoms with Gasteiger partial charge >= 0.3 is 0 Å². The van der Waals surface area contributed by atoms with Crippen LogP contribution >= 0.6 is 0 Å². The van der Waals surface area contributed by atoms with Gasteiger partial charge in [0.1, 0.15) is 0 Å². The third-order valence-corrected chi connectivity index (χ3v) is 5.48. The van der Waals surface area contributed by atoms with Gasteiger partial charge in [-0.3, -0.25) is 0 Å². The average molecular weight is 282 g/mol. The monoisotopic (exact) mass is 282 g/mol. The van der Waals surface area contributed by atoms with E-state index in [1.807, 2.05) is 0 Å². The lowest BCUT2D eigenvalue weighted by atomic mass is 9.70. The molecule has 0 bridgehead atoms. The third kappa shape index (κ3) is 4.44. The zero-order valence-electron chi connectivity index (χ0n) is 13.8. The smallest absolute Gasteiger partial charge is 0.0480 e. The minimum Gasteiger partial charge on any atom is -0.381 e. The van der Waals surface area contributed by atoms with Crippen LogP contribution in [-0.2, 0) is 4.74 Å². The molecule has 0 amide bonds. The quantitative estimate of drug-likeness (QED) is 0.811. The van der Waals surface area contributed by atoms with E-state index in [0.717, 1.165) is 31.7 Å². The van der Waals surface area contributed by atoms with Crippen molar-refractivity contribution in [1.29, 1.82) is 0 Å². The molecule has 0 aromatic rings. The van der Waals surface area contributed by atoms with Crippen molar-refractivity contribution in [3.63, 3.8) is 0 Å². The molecule has 2 rings (SSSR count). The highest BCUT2D eigenvalue weighted by Gasteiger charge is 2.36. The predicted octanol–water partition coefficient (Wildman–Crippen LogP) is 2.90. The van der Waals surface area contributed by atoms with Crippen LogP contribution < -0.4 is 5.32 Å². The fraction of sp³-hybridized carbons (Fsp3) is 1.00. The number of hydrogen-bond donors (Lipinski definition) is 1. The predicted molar refractivity (Wildman–Crippen MR) is 85.1 cm³/mol. The summed E-state index contributed by atoms with van der Waals surface area (Å²) in [6.45, 7) is 10.1. The Bertz CT molecular complexity index is 263. The van der Waals surface area contributed by atoms with E-state index in [9.17, 15) is 0 Å². The maximum absolute atomic E-state index is 5.50. The second-order valence-corrected chi connectivity index (χ2v) is 7.22. The van der Waals surface area contributed by atoms with Crippen molar-refractivity contribution in [3.8, 4) is 0 Å². The lowest BCUT2D eigenvalue weighted by Gasteiger charge is -2.44. The standard InChI is InChI=1S/C17H34N2O/c1-4-18-13-17(9-5-15(2)6-10-17)14-19(3)16-7-11-20-12-8-16/h15-16,18H,4-14H2,1-3H3. The SMILES string of the molecule is CCNCC1(CN(C)C2CCOCC2)CCC(C)CC1. The molecule has 0 atom stereocenters. The Morgan fingerprint density at radius 1 is 1.15 bits per heavy atom. The molecule has 1 saturated heterocycles. The first-order chi connectivity index (χ1) is 9.65. The Hall–Kier alpha value is -0.120. The summed E-state index contributed by atoms with van der Waals surface area (Å²) in [5, 5.41) is 3.63. The van der Waals surface area contributed by atoms with E-state index in [2.05, 4.69) is 31.1 Å². The fourth-order valence-corrected chi connectivity index (χ4v) is 3.94. The van der Waals surface area contributed by atoms with E-state index in [1.165, 1.54) is 51.6 Å². The van der Waals surface area contributed by atoms with Crippen LogP contribution in [0, 0.1) is 11.3 Å². The van der Waals surface area contributed by atoms with E-state index in [1.54, 1.807) is 0 Å². The second-order valence-electron chi connectivity index (χ2n) is 7.22. The highest BCUT2D eigenvalue weighted by molar-refractivity contribution is 4.90. The molecule has 0 radical (unpaired) electrons. The fourth-order valence-electron chi connectivity index (χ4n) is 3.94. The van der Waals surface area contributed by atoms with Crippen molar-refractivity contribution in [2.75, 3.05) is 39.9 Å². The van der Waals surface area contributed by atoms with Crippen LogP contribution in [0.3, 0.4) is 0 Å². The Morgan fingerprint density at radius 2 is 1.80 bits per heavy atom. The lowest BCUT2D eigenvalue weighted by Crippen LogP contribution is -2.48. The second kappa shape index (κ2) is 7.77. The summed E-state index contributed by atoms with van der Waals surface area (Å²) >= 11 is 0. The van der Waals surface area contributed by atoms with Crippen molar-refractivity contribution in [1.82, 2.24) is 10.2 Å². The number of nitrogens with zero attached hydrogens (tertiary/aromatic N) is 1. The Labute approximate surface area is 125 Å². The molecule has 3 nitrogen and oxygen atoms in total. The Balaban J connectivity index is 1.92. The summed E-state index contributed by atoms with van der Waals surface area (Å²) < 4.78 is 5.50. The highest BCUT2D eigenvalue weighted by atomic mass is 16.5.